The van der Waals surface area contributed by atoms with Gasteiger partial charge in [0.15, 0.2) is 5.82 Å². The summed E-state index contributed by atoms with van der Waals surface area (Å²) in [6.45, 7) is 2.67. The summed E-state index contributed by atoms with van der Waals surface area (Å²) < 4.78 is 31.4. The lowest BCUT2D eigenvalue weighted by Gasteiger charge is -2.31. The maximum atomic E-state index is 12.6. The predicted molar refractivity (Wildman–Crippen MR) is 98.6 cm³/mol. The van der Waals surface area contributed by atoms with Crippen LogP contribution in [0.15, 0.2) is 40.0 Å². The zero-order chi connectivity index (χ0) is 20.1. The molecule has 3 heterocycles. The van der Waals surface area contributed by atoms with Crippen molar-refractivity contribution in [3.8, 4) is 0 Å². The van der Waals surface area contributed by atoms with Gasteiger partial charge in [0.1, 0.15) is 10.7 Å². The molecule has 2 aromatic heterocycles. The summed E-state index contributed by atoms with van der Waals surface area (Å²) in [6, 6.07) is 4.60. The summed E-state index contributed by atoms with van der Waals surface area (Å²) >= 11 is 0. The van der Waals surface area contributed by atoms with Crippen molar-refractivity contribution < 1.29 is 22.5 Å². The van der Waals surface area contributed by atoms with Crippen molar-refractivity contribution in [1.29, 1.82) is 0 Å². The quantitative estimate of drug-likeness (QED) is 0.691. The molecule has 2 amide bonds. The fourth-order valence-corrected chi connectivity index (χ4v) is 4.35. The van der Waals surface area contributed by atoms with Crippen molar-refractivity contribution in [2.75, 3.05) is 25.0 Å². The number of nitrogens with zero attached hydrogens (tertiary/aromatic N) is 3. The van der Waals surface area contributed by atoms with Gasteiger partial charge in [0, 0.05) is 38.1 Å². The Morgan fingerprint density at radius 3 is 2.64 bits per heavy atom. The normalized spacial score (nSPS) is 15.9. The number of anilines is 1. The summed E-state index contributed by atoms with van der Waals surface area (Å²) in [5.74, 6) is -0.822. The van der Waals surface area contributed by atoms with Crippen LogP contribution in [-0.2, 0) is 19.6 Å². The molecule has 11 heteroatoms. The molecule has 0 spiro atoms. The number of sulfonamides is 1. The third-order valence-electron chi connectivity index (χ3n) is 4.47. The standard InChI is InChI=1S/C17H21N5O5S/c1-12-9-15(21-27-12)20-17(24)16(23)19-10-13-4-7-22(8-5-13)28(25,26)14-3-2-6-18-11-14/h2-3,6,9,11,13H,4-5,7-8,10H2,1H3,(H,19,23)(H,20,21,24). The predicted octanol–water partition coefficient (Wildman–Crippen LogP) is 0.534. The molecule has 0 atom stereocenters. The Hall–Kier alpha value is -2.79. The molecular formula is C17H21N5O5S. The second kappa shape index (κ2) is 8.48. The number of hydrogen-bond donors (Lipinski definition) is 2. The van der Waals surface area contributed by atoms with E-state index in [1.165, 1.54) is 28.8 Å². The van der Waals surface area contributed by atoms with Crippen molar-refractivity contribution in [3.05, 3.63) is 36.4 Å². The van der Waals surface area contributed by atoms with Gasteiger partial charge in [-0.2, -0.15) is 4.31 Å². The van der Waals surface area contributed by atoms with Crippen LogP contribution in [0.1, 0.15) is 18.6 Å². The van der Waals surface area contributed by atoms with Crippen LogP contribution >= 0.6 is 0 Å². The maximum absolute atomic E-state index is 12.6. The number of carbonyl (C=O) groups excluding carboxylic acids is 2. The van der Waals surface area contributed by atoms with Crippen LogP contribution in [0.25, 0.3) is 0 Å². The second-order valence-corrected chi connectivity index (χ2v) is 8.46. The van der Waals surface area contributed by atoms with Gasteiger partial charge in [-0.1, -0.05) is 5.16 Å². The first-order valence-electron chi connectivity index (χ1n) is 8.79. The summed E-state index contributed by atoms with van der Waals surface area (Å²) in [4.78, 5) is 27.8. The largest absolute Gasteiger partial charge is 0.360 e. The SMILES string of the molecule is Cc1cc(NC(=O)C(=O)NCC2CCN(S(=O)(=O)c3cccnc3)CC2)no1. The van der Waals surface area contributed by atoms with Crippen LogP contribution in [0, 0.1) is 12.8 Å². The molecule has 1 aliphatic heterocycles. The van der Waals surface area contributed by atoms with E-state index in [0.717, 1.165) is 0 Å². The zero-order valence-corrected chi connectivity index (χ0v) is 16.1. The van der Waals surface area contributed by atoms with Crippen molar-refractivity contribution in [3.63, 3.8) is 0 Å². The van der Waals surface area contributed by atoms with E-state index < -0.39 is 21.8 Å². The summed E-state index contributed by atoms with van der Waals surface area (Å²) in [6.07, 6.45) is 4.03. The monoisotopic (exact) mass is 407 g/mol. The Bertz CT molecular complexity index is 936. The van der Waals surface area contributed by atoms with Gasteiger partial charge in [-0.3, -0.25) is 19.9 Å². The number of amides is 2. The van der Waals surface area contributed by atoms with E-state index in [1.54, 1.807) is 13.0 Å². The molecule has 0 bridgehead atoms. The Morgan fingerprint density at radius 2 is 2.04 bits per heavy atom. The molecule has 1 saturated heterocycles. The Morgan fingerprint density at radius 1 is 1.29 bits per heavy atom. The minimum absolute atomic E-state index is 0.0893. The van der Waals surface area contributed by atoms with Crippen molar-refractivity contribution in [2.45, 2.75) is 24.7 Å². The fraction of sp³-hybridized carbons (Fsp3) is 0.412. The third-order valence-corrected chi connectivity index (χ3v) is 6.35. The maximum Gasteiger partial charge on any atom is 0.314 e. The molecule has 0 aliphatic carbocycles. The van der Waals surface area contributed by atoms with Crippen LogP contribution in [-0.4, -0.2) is 54.3 Å². The van der Waals surface area contributed by atoms with Crippen LogP contribution in [0.5, 0.6) is 0 Å². The molecule has 0 saturated carbocycles. The zero-order valence-electron chi connectivity index (χ0n) is 15.3. The van der Waals surface area contributed by atoms with Crippen molar-refractivity contribution in [1.82, 2.24) is 19.8 Å². The van der Waals surface area contributed by atoms with Gasteiger partial charge in [0.25, 0.3) is 0 Å². The Labute approximate surface area is 162 Å². The van der Waals surface area contributed by atoms with Gasteiger partial charge >= 0.3 is 11.8 Å². The minimum atomic E-state index is -3.56. The Balaban J connectivity index is 1.45. The smallest absolute Gasteiger partial charge is 0.314 e. The number of nitrogens with one attached hydrogen (secondary N) is 2. The first-order valence-corrected chi connectivity index (χ1v) is 10.2. The van der Waals surface area contributed by atoms with Crippen LogP contribution in [0.2, 0.25) is 0 Å². The number of carbonyl (C=O) groups is 2. The van der Waals surface area contributed by atoms with Gasteiger partial charge in [-0.05, 0) is 37.8 Å². The van der Waals surface area contributed by atoms with E-state index in [1.807, 2.05) is 0 Å². The summed E-state index contributed by atoms with van der Waals surface area (Å²) in [7, 11) is -3.56. The van der Waals surface area contributed by atoms with Gasteiger partial charge in [-0.15, -0.1) is 0 Å². The molecule has 150 valence electrons. The molecule has 2 N–H and O–H groups in total. The highest BCUT2D eigenvalue weighted by Crippen LogP contribution is 2.23. The average Bonchev–Trinajstić information content (AvgIpc) is 3.11. The minimum Gasteiger partial charge on any atom is -0.360 e. The molecule has 2 aromatic rings. The van der Waals surface area contributed by atoms with E-state index in [4.69, 9.17) is 4.52 Å². The molecule has 28 heavy (non-hydrogen) atoms. The molecular weight excluding hydrogens is 386 g/mol. The van der Waals surface area contributed by atoms with E-state index >= 15 is 0 Å². The highest BCUT2D eigenvalue weighted by molar-refractivity contribution is 7.89. The highest BCUT2D eigenvalue weighted by atomic mass is 32.2. The molecule has 3 rings (SSSR count). The number of aryl methyl sites for hydroxylation is 1. The first kappa shape index (κ1) is 20.0. The van der Waals surface area contributed by atoms with Crippen LogP contribution < -0.4 is 10.6 Å². The van der Waals surface area contributed by atoms with Crippen molar-refractivity contribution in [2.24, 2.45) is 5.92 Å². The van der Waals surface area contributed by atoms with Crippen LogP contribution in [0.4, 0.5) is 5.82 Å². The van der Waals surface area contributed by atoms with Gasteiger partial charge in [0.05, 0.1) is 0 Å². The number of rotatable bonds is 5. The van der Waals surface area contributed by atoms with E-state index in [0.29, 0.717) is 38.2 Å². The number of aromatic nitrogens is 2. The summed E-state index contributed by atoms with van der Waals surface area (Å²) in [5, 5.41) is 8.51. The van der Waals surface area contributed by atoms with Gasteiger partial charge in [0.2, 0.25) is 10.0 Å². The lowest BCUT2D eigenvalue weighted by Crippen LogP contribution is -2.43. The van der Waals surface area contributed by atoms with Crippen LogP contribution in [0.3, 0.4) is 0 Å². The molecule has 1 aliphatic rings. The fourth-order valence-electron chi connectivity index (χ4n) is 2.92. The third kappa shape index (κ3) is 4.73. The molecule has 0 aromatic carbocycles. The van der Waals surface area contributed by atoms with E-state index in [-0.39, 0.29) is 16.6 Å². The van der Waals surface area contributed by atoms with Crippen molar-refractivity contribution >= 4 is 27.7 Å². The average molecular weight is 407 g/mol. The van der Waals surface area contributed by atoms with E-state index in [9.17, 15) is 18.0 Å². The molecule has 10 nitrogen and oxygen atoms in total. The number of hydrogen-bond acceptors (Lipinski definition) is 7. The Kier molecular flexibility index (Phi) is 6.05. The second-order valence-electron chi connectivity index (χ2n) is 6.52. The summed E-state index contributed by atoms with van der Waals surface area (Å²) in [5.41, 5.74) is 0. The lowest BCUT2D eigenvalue weighted by molar-refractivity contribution is -0.136. The number of pyridine rings is 1. The number of piperidine rings is 1. The topological polar surface area (TPSA) is 134 Å². The lowest BCUT2D eigenvalue weighted by atomic mass is 9.98. The first-order chi connectivity index (χ1) is 13.4. The molecule has 0 unspecified atom stereocenters. The molecule has 1 fully saturated rings. The van der Waals surface area contributed by atoms with E-state index in [2.05, 4.69) is 20.8 Å². The highest BCUT2D eigenvalue weighted by Gasteiger charge is 2.30. The molecule has 0 radical (unpaired) electrons. The van der Waals surface area contributed by atoms with Gasteiger partial charge in [-0.25, -0.2) is 8.42 Å². The van der Waals surface area contributed by atoms with Gasteiger partial charge < -0.3 is 9.84 Å².